The van der Waals surface area contributed by atoms with Gasteiger partial charge in [-0.3, -0.25) is 34.3 Å². The van der Waals surface area contributed by atoms with Gasteiger partial charge >= 0.3 is 0 Å². The van der Waals surface area contributed by atoms with Crippen LogP contribution < -0.4 is 20.7 Å². The first kappa shape index (κ1) is 30.7. The third kappa shape index (κ3) is 4.78. The van der Waals surface area contributed by atoms with E-state index >= 15 is 0 Å². The Labute approximate surface area is 297 Å². The van der Waals surface area contributed by atoms with Gasteiger partial charge in [-0.1, -0.05) is 18.2 Å². The number of anilines is 2. The Morgan fingerprint density at radius 2 is 1.54 bits per heavy atom. The molecule has 6 heterocycles. The summed E-state index contributed by atoms with van der Waals surface area (Å²) in [6.07, 6.45) is 1.72. The van der Waals surface area contributed by atoms with Gasteiger partial charge in [-0.2, -0.15) is 5.10 Å². The number of carbonyl (C=O) groups excluding carboxylic acids is 4. The molecule has 2 aromatic heterocycles. The molecule has 52 heavy (non-hydrogen) atoms. The summed E-state index contributed by atoms with van der Waals surface area (Å²) >= 11 is 0. The zero-order valence-corrected chi connectivity index (χ0v) is 27.9. The maximum atomic E-state index is 13.3. The number of imide groups is 2. The molecule has 4 aliphatic heterocycles. The van der Waals surface area contributed by atoms with Crippen LogP contribution in [0.25, 0.3) is 22.3 Å². The van der Waals surface area contributed by atoms with Crippen molar-refractivity contribution in [3.8, 4) is 22.8 Å². The normalized spacial score (nSPS) is 24.2. The van der Waals surface area contributed by atoms with E-state index < -0.39 is 29.7 Å². The Morgan fingerprint density at radius 3 is 2.29 bits per heavy atom. The van der Waals surface area contributed by atoms with Crippen LogP contribution in [0, 0.1) is 11.8 Å². The average Bonchev–Trinajstić information content (AvgIpc) is 3.38. The Bertz CT molecular complexity index is 2310. The van der Waals surface area contributed by atoms with E-state index in [1.54, 1.807) is 12.1 Å². The van der Waals surface area contributed by atoms with E-state index in [0.29, 0.717) is 29.3 Å². The molecule has 0 radical (unpaired) electrons. The van der Waals surface area contributed by atoms with Crippen molar-refractivity contribution in [1.29, 1.82) is 0 Å². The van der Waals surface area contributed by atoms with Crippen LogP contribution in [0.5, 0.6) is 11.5 Å². The molecule has 4 fully saturated rings. The lowest BCUT2D eigenvalue weighted by Gasteiger charge is -2.46. The second-order valence-electron chi connectivity index (χ2n) is 14.2. The highest BCUT2D eigenvalue weighted by Crippen LogP contribution is 2.57. The molecule has 14 nitrogen and oxygen atoms in total. The van der Waals surface area contributed by atoms with Crippen molar-refractivity contribution in [3.63, 3.8) is 0 Å². The van der Waals surface area contributed by atoms with Gasteiger partial charge in [0, 0.05) is 61.7 Å². The quantitative estimate of drug-likeness (QED) is 0.240. The maximum absolute atomic E-state index is 13.3. The molecule has 14 heteroatoms. The molecule has 4 amide bonds. The van der Waals surface area contributed by atoms with Crippen molar-refractivity contribution in [1.82, 2.24) is 34.9 Å². The van der Waals surface area contributed by atoms with Gasteiger partial charge in [-0.15, -0.1) is 0 Å². The highest BCUT2D eigenvalue weighted by atomic mass is 16.5. The van der Waals surface area contributed by atoms with E-state index in [1.807, 2.05) is 60.7 Å². The number of likely N-dealkylation sites (tertiary alicyclic amines) is 1. The fraction of sp³-hybridized carbons (Fsp3) is 0.289. The third-order valence-corrected chi connectivity index (χ3v) is 11.3. The number of ether oxygens (including phenoxy) is 1. The number of carbonyl (C=O) groups is 4. The van der Waals surface area contributed by atoms with Crippen LogP contribution in [0.3, 0.4) is 0 Å². The third-order valence-electron chi connectivity index (χ3n) is 11.3. The number of nitrogens with one attached hydrogen (secondary N) is 1. The number of hydrogen-bond donors (Lipinski definition) is 2. The van der Waals surface area contributed by atoms with E-state index in [-0.39, 0.29) is 24.4 Å². The minimum atomic E-state index is -0.977. The molecule has 3 N–H and O–H groups in total. The lowest BCUT2D eigenvalue weighted by Crippen LogP contribution is -2.59. The van der Waals surface area contributed by atoms with Crippen molar-refractivity contribution < 1.29 is 23.9 Å². The molecule has 3 unspecified atom stereocenters. The zero-order valence-electron chi connectivity index (χ0n) is 27.9. The van der Waals surface area contributed by atoms with E-state index in [0.717, 1.165) is 70.6 Å². The number of benzene rings is 3. The van der Waals surface area contributed by atoms with Crippen molar-refractivity contribution in [3.05, 3.63) is 90.3 Å². The minimum Gasteiger partial charge on any atom is -0.457 e. The Morgan fingerprint density at radius 1 is 0.808 bits per heavy atom. The van der Waals surface area contributed by atoms with Crippen LogP contribution in [0.15, 0.2) is 79.1 Å². The summed E-state index contributed by atoms with van der Waals surface area (Å²) in [5, 5.41) is 8.09. The molecule has 1 aliphatic carbocycles. The molecule has 0 spiro atoms. The first-order valence-electron chi connectivity index (χ1n) is 17.5. The number of amides is 4. The van der Waals surface area contributed by atoms with Crippen LogP contribution >= 0.6 is 0 Å². The van der Waals surface area contributed by atoms with Crippen molar-refractivity contribution >= 4 is 46.2 Å². The average molecular weight is 696 g/mol. The van der Waals surface area contributed by atoms with Gasteiger partial charge in [0.25, 0.3) is 11.8 Å². The van der Waals surface area contributed by atoms with E-state index in [9.17, 15) is 19.2 Å². The molecule has 3 aromatic carbocycles. The fourth-order valence-electron chi connectivity index (χ4n) is 8.45. The number of para-hydroxylation sites is 1. The smallest absolute Gasteiger partial charge is 0.262 e. The van der Waals surface area contributed by atoms with Crippen LogP contribution in [0.2, 0.25) is 0 Å². The van der Waals surface area contributed by atoms with Gasteiger partial charge in [0.05, 0.1) is 22.6 Å². The standard InChI is InChI=1S/C38H33N9O5/c39-34-31-32(20-6-9-24(10-7-20)52-23-4-2-1-3-5-23)43-47(35(31)41-19-40-34)33-27-17-45(18-28(27)33)22-15-44(16-22)21-8-11-25-26(14-21)38(51)46(37(25)50)29-12-13-30(48)42-36(29)49/h1-11,14,19,22,27-29,33H,12-13,15-18H2,(H2,39,40,41)(H,42,48,49). The lowest BCUT2D eigenvalue weighted by atomic mass is 10.0. The number of rotatable bonds is 7. The monoisotopic (exact) mass is 695 g/mol. The summed E-state index contributed by atoms with van der Waals surface area (Å²) in [6.45, 7) is 3.53. The van der Waals surface area contributed by atoms with Gasteiger partial charge in [0.2, 0.25) is 11.8 Å². The second-order valence-corrected chi connectivity index (χ2v) is 14.2. The zero-order chi connectivity index (χ0) is 35.2. The van der Waals surface area contributed by atoms with E-state index in [2.05, 4.69) is 29.8 Å². The van der Waals surface area contributed by atoms with E-state index in [4.69, 9.17) is 15.6 Å². The minimum absolute atomic E-state index is 0.0895. The molecule has 3 saturated heterocycles. The van der Waals surface area contributed by atoms with Gasteiger partial charge in [0.1, 0.15) is 35.4 Å². The topological polar surface area (TPSA) is 169 Å². The van der Waals surface area contributed by atoms with Gasteiger partial charge in [-0.05, 0) is 61.0 Å². The fourth-order valence-corrected chi connectivity index (χ4v) is 8.45. The lowest BCUT2D eigenvalue weighted by molar-refractivity contribution is -0.136. The van der Waals surface area contributed by atoms with Gasteiger partial charge in [-0.25, -0.2) is 14.6 Å². The number of aromatic nitrogens is 4. The SMILES string of the molecule is Nc1ncnc2c1c(-c1ccc(Oc3ccccc3)cc1)nn2C1C2CN(C3CN(c4ccc5c(c4)C(=O)N(C4CCC(=O)NC4=O)C5=O)C3)CC21. The number of hydrogen-bond acceptors (Lipinski definition) is 11. The van der Waals surface area contributed by atoms with Gasteiger partial charge < -0.3 is 15.4 Å². The Hall–Kier alpha value is -6.15. The summed E-state index contributed by atoms with van der Waals surface area (Å²) in [5.74, 6) is 0.805. The summed E-state index contributed by atoms with van der Waals surface area (Å²) in [7, 11) is 0. The number of piperidine rings is 2. The van der Waals surface area contributed by atoms with Crippen molar-refractivity contribution in [2.45, 2.75) is 31.0 Å². The Balaban J connectivity index is 0.804. The number of nitrogen functional groups attached to an aromatic ring is 1. The predicted octanol–water partition coefficient (Wildman–Crippen LogP) is 3.26. The van der Waals surface area contributed by atoms with Crippen LogP contribution in [-0.4, -0.2) is 91.4 Å². The van der Waals surface area contributed by atoms with Crippen molar-refractivity contribution in [2.75, 3.05) is 36.8 Å². The number of nitrogens with zero attached hydrogens (tertiary/aromatic N) is 7. The highest BCUT2D eigenvalue weighted by molar-refractivity contribution is 6.23. The van der Waals surface area contributed by atoms with Crippen LogP contribution in [-0.2, 0) is 9.59 Å². The highest BCUT2D eigenvalue weighted by Gasteiger charge is 2.59. The summed E-state index contributed by atoms with van der Waals surface area (Å²) in [5.41, 5.74) is 10.3. The molecule has 0 bridgehead atoms. The number of fused-ring (bicyclic) bond motifs is 3. The summed E-state index contributed by atoms with van der Waals surface area (Å²) in [6, 6.07) is 22.4. The first-order chi connectivity index (χ1) is 25.3. The first-order valence-corrected chi connectivity index (χ1v) is 17.5. The summed E-state index contributed by atoms with van der Waals surface area (Å²) < 4.78 is 8.04. The molecule has 260 valence electrons. The molecular formula is C38H33N9O5. The van der Waals surface area contributed by atoms with Crippen LogP contribution in [0.1, 0.15) is 39.6 Å². The molecule has 5 aromatic rings. The molecule has 5 aliphatic rings. The molecule has 3 atom stereocenters. The molecule has 1 saturated carbocycles. The van der Waals surface area contributed by atoms with Crippen molar-refractivity contribution in [2.24, 2.45) is 11.8 Å². The molecular weight excluding hydrogens is 662 g/mol. The second kappa shape index (κ2) is 11.4. The van der Waals surface area contributed by atoms with Crippen LogP contribution in [0.4, 0.5) is 11.5 Å². The predicted molar refractivity (Wildman–Crippen MR) is 188 cm³/mol. The largest absolute Gasteiger partial charge is 0.457 e. The maximum Gasteiger partial charge on any atom is 0.262 e. The van der Waals surface area contributed by atoms with Gasteiger partial charge in [0.15, 0.2) is 5.65 Å². The summed E-state index contributed by atoms with van der Waals surface area (Å²) in [4.78, 5) is 65.2. The van der Waals surface area contributed by atoms with E-state index in [1.165, 1.54) is 6.33 Å². The molecule has 10 rings (SSSR count). The Kier molecular flexibility index (Phi) is 6.74. The number of nitrogens with two attached hydrogens (primary N) is 1.